The fraction of sp³-hybridized carbons (Fsp3) is 0.667. The van der Waals surface area contributed by atoms with Crippen LogP contribution in [-0.4, -0.2) is 30.3 Å². The lowest BCUT2D eigenvalue weighted by atomic mass is 9.85. The summed E-state index contributed by atoms with van der Waals surface area (Å²) in [5.74, 6) is 3.17. The van der Waals surface area contributed by atoms with Crippen LogP contribution in [0.15, 0.2) is 23.0 Å². The third kappa shape index (κ3) is 1.23. The van der Waals surface area contributed by atoms with Crippen LogP contribution < -0.4 is 0 Å². The summed E-state index contributed by atoms with van der Waals surface area (Å²) in [5.41, 5.74) is 5.22. The predicted octanol–water partition coefficient (Wildman–Crippen LogP) is 3.82. The lowest BCUT2D eigenvalue weighted by molar-refractivity contribution is 0.610. The Bertz CT molecular complexity index is 529. The van der Waals surface area contributed by atoms with Crippen molar-refractivity contribution in [3.63, 3.8) is 0 Å². The second kappa shape index (κ2) is 3.21. The number of allylic oxidation sites excluding steroid dienone is 3. The van der Waals surface area contributed by atoms with Gasteiger partial charge in [0.25, 0.3) is 0 Å². The van der Waals surface area contributed by atoms with Gasteiger partial charge in [-0.15, -0.1) is 0 Å². The molecule has 3 aliphatic heterocycles. The molecule has 1 fully saturated rings. The molecule has 16 heavy (non-hydrogen) atoms. The van der Waals surface area contributed by atoms with Crippen LogP contribution in [0.4, 0.5) is 0 Å². The van der Waals surface area contributed by atoms with Crippen molar-refractivity contribution in [2.75, 3.05) is 13.3 Å². The largest absolute Gasteiger partial charge is 0.0965 e. The highest BCUT2D eigenvalue weighted by atomic mass is 32.4. The van der Waals surface area contributed by atoms with Gasteiger partial charge in [-0.05, 0) is 45.2 Å². The maximum absolute atomic E-state index is 6.01. The van der Waals surface area contributed by atoms with E-state index in [1.807, 2.05) is 0 Å². The molecule has 0 N–H and O–H groups in total. The van der Waals surface area contributed by atoms with Crippen LogP contribution >= 0.6 is 12.1 Å². The summed E-state index contributed by atoms with van der Waals surface area (Å²) in [6, 6.07) is -2.47. The minimum Gasteiger partial charge on any atom is -0.0965 e. The Balaban J connectivity index is 2.22. The van der Waals surface area contributed by atoms with Crippen LogP contribution in [0.3, 0.4) is 0 Å². The molecule has 0 aliphatic carbocycles. The standard InChI is InChI=1S/C12H18P2S2/c1-7-5-9-12-10(11(7)14(9,4)16)8(2)6-13(12,3)15/h5-6,9-12H,1-4H3/t9-,10-,11+,12+,13?,14?/m0/s1. The van der Waals surface area contributed by atoms with Crippen molar-refractivity contribution >= 4 is 35.7 Å². The number of hydrogen-bond acceptors (Lipinski definition) is 2. The van der Waals surface area contributed by atoms with Gasteiger partial charge in [0.15, 0.2) is 0 Å². The highest BCUT2D eigenvalue weighted by Gasteiger charge is 2.60. The summed E-state index contributed by atoms with van der Waals surface area (Å²) >= 11 is 11.9. The molecule has 3 rings (SSSR count). The monoisotopic (exact) mass is 288 g/mol. The topological polar surface area (TPSA) is 0 Å². The molecule has 4 heteroatoms. The van der Waals surface area contributed by atoms with Crippen LogP contribution in [0.25, 0.3) is 0 Å². The quantitative estimate of drug-likeness (QED) is 0.491. The zero-order chi connectivity index (χ0) is 11.9. The minimum absolute atomic E-state index is 0.669. The van der Waals surface area contributed by atoms with E-state index < -0.39 is 12.1 Å². The van der Waals surface area contributed by atoms with Crippen molar-refractivity contribution in [3.8, 4) is 0 Å². The molecule has 88 valence electrons. The summed E-state index contributed by atoms with van der Waals surface area (Å²) < 4.78 is 0. The normalized spacial score (nSPS) is 58.5. The smallest absolute Gasteiger partial charge is 0.0164 e. The molecule has 6 atom stereocenters. The Morgan fingerprint density at radius 2 is 1.75 bits per heavy atom. The molecule has 2 bridgehead atoms. The van der Waals surface area contributed by atoms with Gasteiger partial charge in [-0.25, -0.2) is 0 Å². The summed E-state index contributed by atoms with van der Waals surface area (Å²) in [6.45, 7) is 9.29. The van der Waals surface area contributed by atoms with Crippen molar-refractivity contribution in [1.82, 2.24) is 0 Å². The molecule has 3 aliphatic rings. The maximum atomic E-state index is 6.01. The molecule has 0 aromatic rings. The van der Waals surface area contributed by atoms with E-state index >= 15 is 0 Å². The Morgan fingerprint density at radius 1 is 1.12 bits per heavy atom. The average Bonchev–Trinajstić information content (AvgIpc) is 2.56. The molecule has 0 radical (unpaired) electrons. The van der Waals surface area contributed by atoms with E-state index in [2.05, 4.69) is 39.1 Å². The first-order valence-corrected chi connectivity index (χ1v) is 12.6. The Morgan fingerprint density at radius 3 is 2.38 bits per heavy atom. The molecule has 3 heterocycles. The van der Waals surface area contributed by atoms with Crippen molar-refractivity contribution in [1.29, 1.82) is 0 Å². The van der Waals surface area contributed by atoms with Gasteiger partial charge in [0.2, 0.25) is 0 Å². The molecular formula is C12H18P2S2. The van der Waals surface area contributed by atoms with Crippen LogP contribution in [0.2, 0.25) is 0 Å². The summed E-state index contributed by atoms with van der Waals surface area (Å²) in [6.07, 6.45) is 2.49. The van der Waals surface area contributed by atoms with Gasteiger partial charge < -0.3 is 0 Å². The number of rotatable bonds is 0. The first-order chi connectivity index (χ1) is 7.27. The summed E-state index contributed by atoms with van der Waals surface area (Å²) in [5, 5.41) is 0. The van der Waals surface area contributed by atoms with Gasteiger partial charge in [0, 0.05) is 17.0 Å². The third-order valence-corrected chi connectivity index (χ3v) is 13.6. The van der Waals surface area contributed by atoms with E-state index in [1.54, 1.807) is 11.1 Å². The summed E-state index contributed by atoms with van der Waals surface area (Å²) in [7, 11) is 0. The first kappa shape index (κ1) is 11.8. The SMILES string of the molecule is CC1=CP(C)(=S)[C@H]2[C@@H]1[C@H]1C(C)=C[C@@H]2P1(C)=S. The van der Waals surface area contributed by atoms with Gasteiger partial charge in [0.1, 0.15) is 0 Å². The van der Waals surface area contributed by atoms with Gasteiger partial charge in [-0.2, -0.15) is 0 Å². The summed E-state index contributed by atoms with van der Waals surface area (Å²) in [4.78, 5) is 0. The number of fused-ring (bicyclic) bond motifs is 5. The van der Waals surface area contributed by atoms with Gasteiger partial charge in [-0.1, -0.05) is 46.7 Å². The zero-order valence-corrected chi connectivity index (χ0v) is 13.6. The molecule has 0 aromatic carbocycles. The highest BCUT2D eigenvalue weighted by molar-refractivity contribution is 8.18. The van der Waals surface area contributed by atoms with Crippen LogP contribution in [0.5, 0.6) is 0 Å². The molecule has 1 saturated heterocycles. The second-order valence-corrected chi connectivity index (χ2v) is 16.8. The fourth-order valence-corrected chi connectivity index (χ4v) is 15.9. The van der Waals surface area contributed by atoms with E-state index in [-0.39, 0.29) is 0 Å². The van der Waals surface area contributed by atoms with E-state index in [9.17, 15) is 0 Å². The third-order valence-electron chi connectivity index (χ3n) is 4.68. The predicted molar refractivity (Wildman–Crippen MR) is 82.8 cm³/mol. The zero-order valence-electron chi connectivity index (χ0n) is 10.2. The Labute approximate surface area is 109 Å². The van der Waals surface area contributed by atoms with Gasteiger partial charge in [-0.3, -0.25) is 0 Å². The van der Waals surface area contributed by atoms with Crippen molar-refractivity contribution < 1.29 is 0 Å². The lowest BCUT2D eigenvalue weighted by Gasteiger charge is -2.28. The lowest BCUT2D eigenvalue weighted by Crippen LogP contribution is -2.27. The molecule has 0 spiro atoms. The number of hydrogen-bond donors (Lipinski definition) is 0. The molecule has 0 aromatic heterocycles. The van der Waals surface area contributed by atoms with Crippen LogP contribution in [0.1, 0.15) is 13.8 Å². The fourth-order valence-electron chi connectivity index (χ4n) is 4.23. The Hall–Kier alpha value is 0.780. The minimum atomic E-state index is -1.26. The molecule has 0 nitrogen and oxygen atoms in total. The van der Waals surface area contributed by atoms with Crippen LogP contribution in [0, 0.1) is 5.92 Å². The molecule has 0 saturated carbocycles. The van der Waals surface area contributed by atoms with Gasteiger partial charge >= 0.3 is 0 Å². The molecular weight excluding hydrogens is 270 g/mol. The first-order valence-electron chi connectivity index (χ1n) is 5.78. The van der Waals surface area contributed by atoms with E-state index in [4.69, 9.17) is 23.6 Å². The molecule has 0 amide bonds. The van der Waals surface area contributed by atoms with Crippen molar-refractivity contribution in [2.24, 2.45) is 5.92 Å². The van der Waals surface area contributed by atoms with Crippen molar-refractivity contribution in [3.05, 3.63) is 23.0 Å². The van der Waals surface area contributed by atoms with Crippen molar-refractivity contribution in [2.45, 2.75) is 30.8 Å². The van der Waals surface area contributed by atoms with E-state index in [0.717, 1.165) is 11.6 Å². The van der Waals surface area contributed by atoms with Crippen LogP contribution in [-0.2, 0) is 23.6 Å². The van der Waals surface area contributed by atoms with Gasteiger partial charge in [0.05, 0.1) is 0 Å². The van der Waals surface area contributed by atoms with E-state index in [1.165, 1.54) is 0 Å². The average molecular weight is 288 g/mol. The van der Waals surface area contributed by atoms with E-state index in [0.29, 0.717) is 11.3 Å². The second-order valence-electron chi connectivity index (χ2n) is 5.85. The molecule has 2 unspecified atom stereocenters. The maximum Gasteiger partial charge on any atom is 0.0164 e. The highest BCUT2D eigenvalue weighted by Crippen LogP contribution is 2.80. The Kier molecular flexibility index (Phi) is 2.38.